The van der Waals surface area contributed by atoms with Crippen molar-refractivity contribution in [3.05, 3.63) is 40.9 Å². The predicted octanol–water partition coefficient (Wildman–Crippen LogP) is 2.41. The van der Waals surface area contributed by atoms with Crippen LogP contribution in [0.25, 0.3) is 5.69 Å². The summed E-state index contributed by atoms with van der Waals surface area (Å²) in [6, 6.07) is 7.21. The van der Waals surface area contributed by atoms with Crippen LogP contribution in [-0.2, 0) is 9.53 Å². The van der Waals surface area contributed by atoms with Crippen molar-refractivity contribution in [1.29, 1.82) is 0 Å². The van der Waals surface area contributed by atoms with Gasteiger partial charge in [0.25, 0.3) is 5.91 Å². The third-order valence-electron chi connectivity index (χ3n) is 4.28. The fourth-order valence-corrected chi connectivity index (χ4v) is 3.16. The molecule has 1 amide bonds. The number of hydrogen-bond donors (Lipinski definition) is 2. The van der Waals surface area contributed by atoms with Crippen LogP contribution in [-0.4, -0.2) is 51.0 Å². The Hall–Kier alpha value is -2.45. The third-order valence-corrected chi connectivity index (χ3v) is 4.60. The number of halogens is 1. The number of rotatable bonds is 8. The summed E-state index contributed by atoms with van der Waals surface area (Å²) in [5.74, 6) is -0.698. The first-order valence-corrected chi connectivity index (χ1v) is 8.96. The van der Waals surface area contributed by atoms with Gasteiger partial charge in [-0.3, -0.25) is 9.59 Å². The minimum absolute atomic E-state index is 0.0236. The molecule has 9 heteroatoms. The average Bonchev–Trinajstić information content (AvgIpc) is 3.33. The molecule has 1 aromatic carbocycles. The summed E-state index contributed by atoms with van der Waals surface area (Å²) in [7, 11) is 1.45. The van der Waals surface area contributed by atoms with Gasteiger partial charge in [-0.1, -0.05) is 23.7 Å². The van der Waals surface area contributed by atoms with Gasteiger partial charge in [-0.2, -0.15) is 0 Å². The Morgan fingerprint density at radius 2 is 2.11 bits per heavy atom. The summed E-state index contributed by atoms with van der Waals surface area (Å²) >= 11 is 6.28. The fraction of sp³-hybridized carbons (Fsp3) is 0.444. The molecule has 27 heavy (non-hydrogen) atoms. The number of amides is 1. The quantitative estimate of drug-likeness (QED) is 0.714. The Bertz CT molecular complexity index is 865. The Morgan fingerprint density at radius 1 is 1.41 bits per heavy atom. The van der Waals surface area contributed by atoms with Gasteiger partial charge >= 0.3 is 5.97 Å². The van der Waals surface area contributed by atoms with Crippen LogP contribution >= 0.6 is 11.6 Å². The van der Waals surface area contributed by atoms with E-state index in [0.29, 0.717) is 16.5 Å². The van der Waals surface area contributed by atoms with Crippen LogP contribution in [0, 0.1) is 0 Å². The van der Waals surface area contributed by atoms with Crippen LogP contribution in [0.1, 0.15) is 48.5 Å². The molecule has 0 saturated heterocycles. The molecule has 1 aromatic heterocycles. The lowest BCUT2D eigenvalue weighted by Crippen LogP contribution is -2.51. The van der Waals surface area contributed by atoms with Crippen molar-refractivity contribution in [3.8, 4) is 5.69 Å². The maximum absolute atomic E-state index is 12.7. The van der Waals surface area contributed by atoms with E-state index in [0.717, 1.165) is 12.8 Å². The van der Waals surface area contributed by atoms with E-state index in [1.165, 1.54) is 7.11 Å². The van der Waals surface area contributed by atoms with Crippen molar-refractivity contribution >= 4 is 23.5 Å². The normalized spacial score (nSPS) is 16.0. The number of carbonyl (C=O) groups is 2. The number of aromatic nitrogens is 3. The Morgan fingerprint density at radius 3 is 2.70 bits per heavy atom. The molecule has 1 saturated carbocycles. The number of benzene rings is 1. The standard InChI is InChI=1S/C18H21ClN4O4/c1-18(10-27-2,9-14(24)25)21-17(26)15-20-16(11-7-8-11)23(22-15)13-6-4-3-5-12(13)19/h3-6,11H,7-10H2,1-2H3,(H,21,26)(H,24,25). The van der Waals surface area contributed by atoms with Crippen molar-refractivity contribution in [3.63, 3.8) is 0 Å². The summed E-state index contributed by atoms with van der Waals surface area (Å²) in [6.45, 7) is 1.65. The molecule has 0 bridgehead atoms. The van der Waals surface area contributed by atoms with Crippen LogP contribution < -0.4 is 5.32 Å². The number of hydrogen-bond acceptors (Lipinski definition) is 5. The molecular formula is C18H21ClN4O4. The molecule has 2 aromatic rings. The van der Waals surface area contributed by atoms with Gasteiger partial charge in [-0.25, -0.2) is 9.67 Å². The van der Waals surface area contributed by atoms with Crippen LogP contribution in [0.15, 0.2) is 24.3 Å². The molecule has 3 rings (SSSR count). The molecule has 0 radical (unpaired) electrons. The molecule has 1 unspecified atom stereocenters. The summed E-state index contributed by atoms with van der Waals surface area (Å²) in [4.78, 5) is 28.2. The van der Waals surface area contributed by atoms with Crippen LogP contribution in [0.3, 0.4) is 0 Å². The summed E-state index contributed by atoms with van der Waals surface area (Å²) in [6.07, 6.45) is 1.67. The van der Waals surface area contributed by atoms with Gasteiger partial charge in [0.15, 0.2) is 0 Å². The lowest BCUT2D eigenvalue weighted by Gasteiger charge is -2.27. The first kappa shape index (κ1) is 19.3. The van der Waals surface area contributed by atoms with E-state index in [1.54, 1.807) is 17.7 Å². The molecule has 144 valence electrons. The topological polar surface area (TPSA) is 106 Å². The minimum Gasteiger partial charge on any atom is -0.481 e. The van der Waals surface area contributed by atoms with Crippen LogP contribution in [0.5, 0.6) is 0 Å². The van der Waals surface area contributed by atoms with E-state index in [4.69, 9.17) is 21.4 Å². The maximum atomic E-state index is 12.7. The smallest absolute Gasteiger partial charge is 0.305 e. The van der Waals surface area contributed by atoms with Crippen LogP contribution in [0.2, 0.25) is 5.02 Å². The second kappa shape index (κ2) is 7.66. The molecule has 1 aliphatic carbocycles. The minimum atomic E-state index is -1.08. The van der Waals surface area contributed by atoms with E-state index in [9.17, 15) is 9.59 Å². The molecule has 1 aliphatic rings. The van der Waals surface area contributed by atoms with Crippen molar-refractivity contribution in [1.82, 2.24) is 20.1 Å². The number of carbonyl (C=O) groups excluding carboxylic acids is 1. The zero-order valence-electron chi connectivity index (χ0n) is 15.1. The number of nitrogens with zero attached hydrogens (tertiary/aromatic N) is 3. The molecule has 8 nitrogen and oxygen atoms in total. The number of ether oxygens (including phenoxy) is 1. The highest BCUT2D eigenvalue weighted by molar-refractivity contribution is 6.32. The maximum Gasteiger partial charge on any atom is 0.305 e. The predicted molar refractivity (Wildman–Crippen MR) is 98.3 cm³/mol. The summed E-state index contributed by atoms with van der Waals surface area (Å²) < 4.78 is 6.66. The summed E-state index contributed by atoms with van der Waals surface area (Å²) in [5, 5.41) is 16.7. The number of carboxylic acids is 1. The van der Waals surface area contributed by atoms with Crippen LogP contribution in [0.4, 0.5) is 0 Å². The van der Waals surface area contributed by atoms with Crippen molar-refractivity contribution in [2.24, 2.45) is 0 Å². The Labute approximate surface area is 161 Å². The fourth-order valence-electron chi connectivity index (χ4n) is 2.94. The van der Waals surface area contributed by atoms with Gasteiger partial charge in [0.05, 0.1) is 29.3 Å². The number of nitrogens with one attached hydrogen (secondary N) is 1. The zero-order valence-corrected chi connectivity index (χ0v) is 15.9. The highest BCUT2D eigenvalue weighted by Gasteiger charge is 2.34. The number of para-hydroxylation sites is 1. The first-order valence-electron chi connectivity index (χ1n) is 8.58. The monoisotopic (exact) mass is 392 g/mol. The highest BCUT2D eigenvalue weighted by atomic mass is 35.5. The molecule has 1 fully saturated rings. The van der Waals surface area contributed by atoms with E-state index in [2.05, 4.69) is 15.4 Å². The molecule has 0 aliphatic heterocycles. The molecule has 1 heterocycles. The van der Waals surface area contributed by atoms with E-state index < -0.39 is 17.4 Å². The largest absolute Gasteiger partial charge is 0.481 e. The highest BCUT2D eigenvalue weighted by Crippen LogP contribution is 2.40. The third kappa shape index (κ3) is 4.45. The van der Waals surface area contributed by atoms with E-state index in [-0.39, 0.29) is 24.8 Å². The molecule has 1 atom stereocenters. The molecular weight excluding hydrogens is 372 g/mol. The Kier molecular flexibility index (Phi) is 5.48. The lowest BCUT2D eigenvalue weighted by molar-refractivity contribution is -0.139. The number of aliphatic carboxylic acids is 1. The van der Waals surface area contributed by atoms with Gasteiger partial charge < -0.3 is 15.2 Å². The number of methoxy groups -OCH3 is 1. The SMILES string of the molecule is COCC(C)(CC(=O)O)NC(=O)c1nc(C2CC2)n(-c2ccccc2Cl)n1. The van der Waals surface area contributed by atoms with Crippen molar-refractivity contribution < 1.29 is 19.4 Å². The number of carboxylic acid groups (broad SMARTS) is 1. The van der Waals surface area contributed by atoms with E-state index in [1.807, 2.05) is 18.2 Å². The van der Waals surface area contributed by atoms with Crippen molar-refractivity contribution in [2.75, 3.05) is 13.7 Å². The summed E-state index contributed by atoms with van der Waals surface area (Å²) in [5.41, 5.74) is -0.425. The van der Waals surface area contributed by atoms with Gasteiger partial charge in [0, 0.05) is 13.0 Å². The Balaban J connectivity index is 1.90. The second-order valence-electron chi connectivity index (χ2n) is 6.95. The molecule has 0 spiro atoms. The van der Waals surface area contributed by atoms with E-state index >= 15 is 0 Å². The first-order chi connectivity index (χ1) is 12.8. The van der Waals surface area contributed by atoms with Gasteiger partial charge in [-0.05, 0) is 31.9 Å². The van der Waals surface area contributed by atoms with Gasteiger partial charge in [0.1, 0.15) is 5.82 Å². The second-order valence-corrected chi connectivity index (χ2v) is 7.36. The van der Waals surface area contributed by atoms with Crippen molar-refractivity contribution in [2.45, 2.75) is 37.6 Å². The van der Waals surface area contributed by atoms with Gasteiger partial charge in [0.2, 0.25) is 5.82 Å². The zero-order chi connectivity index (χ0) is 19.6. The average molecular weight is 393 g/mol. The molecule has 2 N–H and O–H groups in total. The van der Waals surface area contributed by atoms with Gasteiger partial charge in [-0.15, -0.1) is 5.10 Å². The lowest BCUT2D eigenvalue weighted by atomic mass is 9.99.